The van der Waals surface area contributed by atoms with E-state index in [1.807, 2.05) is 0 Å². The Morgan fingerprint density at radius 1 is 1.19 bits per heavy atom. The van der Waals surface area contributed by atoms with E-state index in [2.05, 4.69) is 43.1 Å². The van der Waals surface area contributed by atoms with Gasteiger partial charge in [0.15, 0.2) is 0 Å². The van der Waals surface area contributed by atoms with E-state index in [4.69, 9.17) is 0 Å². The third-order valence-electron chi connectivity index (χ3n) is 5.19. The Kier molecular flexibility index (Phi) is 4.03. The van der Waals surface area contributed by atoms with Crippen LogP contribution in [-0.4, -0.2) is 29.9 Å². The van der Waals surface area contributed by atoms with Crippen molar-refractivity contribution < 1.29 is 4.79 Å². The zero-order chi connectivity index (χ0) is 15.0. The summed E-state index contributed by atoms with van der Waals surface area (Å²) in [6.07, 6.45) is 2.87. The normalized spacial score (nSPS) is 25.9. The van der Waals surface area contributed by atoms with Crippen molar-refractivity contribution in [2.45, 2.75) is 52.6 Å². The Hall–Kier alpha value is -1.35. The van der Waals surface area contributed by atoms with Crippen LogP contribution < -0.4 is 5.32 Å². The topological polar surface area (TPSA) is 32.3 Å². The molecule has 0 spiro atoms. The minimum absolute atomic E-state index is 0.345. The van der Waals surface area contributed by atoms with Gasteiger partial charge in [-0.15, -0.1) is 0 Å². The molecule has 0 radical (unpaired) electrons. The van der Waals surface area contributed by atoms with Crippen molar-refractivity contribution in [1.82, 2.24) is 10.2 Å². The number of nitrogens with zero attached hydrogens (tertiary/aromatic N) is 1. The largest absolute Gasteiger partial charge is 0.335 e. The zero-order valence-electron chi connectivity index (χ0n) is 13.4. The molecule has 1 amide bonds. The van der Waals surface area contributed by atoms with Crippen molar-refractivity contribution in [3.63, 3.8) is 0 Å². The number of aryl methyl sites for hydroxylation is 3. The summed E-state index contributed by atoms with van der Waals surface area (Å²) in [4.78, 5) is 14.6. The smallest absolute Gasteiger partial charge is 0.223 e. The van der Waals surface area contributed by atoms with Gasteiger partial charge in [-0.25, -0.2) is 0 Å². The highest BCUT2D eigenvalue weighted by atomic mass is 16.2. The molecule has 3 nitrogen and oxygen atoms in total. The number of carbonyl (C=O) groups excluding carboxylic acids is 1. The van der Waals surface area contributed by atoms with E-state index < -0.39 is 0 Å². The van der Waals surface area contributed by atoms with Crippen molar-refractivity contribution in [1.29, 1.82) is 0 Å². The highest BCUT2D eigenvalue weighted by Crippen LogP contribution is 2.31. The number of nitrogens with one attached hydrogen (secondary N) is 1. The maximum absolute atomic E-state index is 12.4. The number of hydrogen-bond donors (Lipinski definition) is 1. The summed E-state index contributed by atoms with van der Waals surface area (Å²) in [7, 11) is 0. The van der Waals surface area contributed by atoms with Crippen LogP contribution in [0.2, 0.25) is 0 Å². The van der Waals surface area contributed by atoms with E-state index in [0.717, 1.165) is 32.5 Å². The molecule has 1 aromatic rings. The van der Waals surface area contributed by atoms with Crippen LogP contribution in [-0.2, 0) is 11.3 Å². The molecule has 0 saturated carbocycles. The molecule has 2 atom stereocenters. The Morgan fingerprint density at radius 3 is 2.62 bits per heavy atom. The van der Waals surface area contributed by atoms with Crippen molar-refractivity contribution in [3.8, 4) is 0 Å². The van der Waals surface area contributed by atoms with Gasteiger partial charge >= 0.3 is 0 Å². The van der Waals surface area contributed by atoms with Crippen molar-refractivity contribution in [2.75, 3.05) is 13.1 Å². The van der Waals surface area contributed by atoms with Gasteiger partial charge in [-0.2, -0.15) is 0 Å². The van der Waals surface area contributed by atoms with Crippen LogP contribution in [0.4, 0.5) is 0 Å². The number of carbonyl (C=O) groups is 1. The summed E-state index contributed by atoms with van der Waals surface area (Å²) in [6.45, 7) is 9.38. The average molecular weight is 286 g/mol. The summed E-state index contributed by atoms with van der Waals surface area (Å²) in [5, 5.41) is 3.48. The number of rotatable bonds is 2. The molecule has 2 aliphatic rings. The molecule has 0 bridgehead atoms. The first kappa shape index (κ1) is 14.6. The Morgan fingerprint density at radius 2 is 1.90 bits per heavy atom. The first-order chi connectivity index (χ1) is 10.1. The second-order valence-corrected chi connectivity index (χ2v) is 6.76. The van der Waals surface area contributed by atoms with Gasteiger partial charge in [-0.05, 0) is 69.3 Å². The molecule has 0 aliphatic carbocycles. The standard InChI is InChI=1S/C18H26N2O/c1-12-8-13(2)16(14(3)9-12)11-20-17-6-7-19-10-15(17)4-5-18(20)21/h8-9,15,17,19H,4-7,10-11H2,1-3H3. The van der Waals surface area contributed by atoms with Crippen LogP contribution in [0.5, 0.6) is 0 Å². The van der Waals surface area contributed by atoms with Crippen LogP contribution >= 0.6 is 0 Å². The molecular formula is C18H26N2O. The van der Waals surface area contributed by atoms with Crippen LogP contribution in [0, 0.1) is 26.7 Å². The van der Waals surface area contributed by atoms with E-state index in [1.54, 1.807) is 0 Å². The zero-order valence-corrected chi connectivity index (χ0v) is 13.4. The van der Waals surface area contributed by atoms with Gasteiger partial charge in [0.25, 0.3) is 0 Å². The molecule has 2 aliphatic heterocycles. The molecule has 1 N–H and O–H groups in total. The monoisotopic (exact) mass is 286 g/mol. The molecular weight excluding hydrogens is 260 g/mol. The van der Waals surface area contributed by atoms with Gasteiger partial charge in [0, 0.05) is 19.0 Å². The lowest BCUT2D eigenvalue weighted by Gasteiger charge is -2.44. The fourth-order valence-corrected chi connectivity index (χ4v) is 4.09. The molecule has 114 valence electrons. The first-order valence-electron chi connectivity index (χ1n) is 8.13. The second kappa shape index (κ2) is 5.80. The van der Waals surface area contributed by atoms with E-state index in [-0.39, 0.29) is 0 Å². The summed E-state index contributed by atoms with van der Waals surface area (Å²) in [6, 6.07) is 4.90. The maximum Gasteiger partial charge on any atom is 0.223 e. The molecule has 2 fully saturated rings. The number of piperidine rings is 2. The molecule has 21 heavy (non-hydrogen) atoms. The molecule has 1 aromatic carbocycles. The molecule has 2 saturated heterocycles. The van der Waals surface area contributed by atoms with E-state index >= 15 is 0 Å². The van der Waals surface area contributed by atoms with Gasteiger partial charge in [-0.1, -0.05) is 17.7 Å². The fraction of sp³-hybridized carbons (Fsp3) is 0.611. The van der Waals surface area contributed by atoms with E-state index in [9.17, 15) is 4.79 Å². The van der Waals surface area contributed by atoms with Gasteiger partial charge < -0.3 is 10.2 Å². The lowest BCUT2D eigenvalue weighted by molar-refractivity contribution is -0.140. The highest BCUT2D eigenvalue weighted by Gasteiger charge is 2.37. The third-order valence-corrected chi connectivity index (χ3v) is 5.19. The van der Waals surface area contributed by atoms with Crippen molar-refractivity contribution in [2.24, 2.45) is 5.92 Å². The molecule has 3 heteroatoms. The molecule has 0 aromatic heterocycles. The third kappa shape index (κ3) is 2.84. The number of hydrogen-bond acceptors (Lipinski definition) is 2. The summed E-state index contributed by atoms with van der Waals surface area (Å²) >= 11 is 0. The Balaban J connectivity index is 1.86. The first-order valence-corrected chi connectivity index (χ1v) is 8.13. The predicted molar refractivity (Wildman–Crippen MR) is 85.2 cm³/mol. The van der Waals surface area contributed by atoms with Gasteiger partial charge in [0.2, 0.25) is 5.91 Å². The average Bonchev–Trinajstić information content (AvgIpc) is 2.44. The number of likely N-dealkylation sites (tertiary alicyclic amines) is 1. The maximum atomic E-state index is 12.4. The van der Waals surface area contributed by atoms with Crippen LogP contribution in [0.15, 0.2) is 12.1 Å². The Bertz CT molecular complexity index is 529. The number of benzene rings is 1. The highest BCUT2D eigenvalue weighted by molar-refractivity contribution is 5.77. The molecule has 3 rings (SSSR count). The predicted octanol–water partition coefficient (Wildman–Crippen LogP) is 2.71. The SMILES string of the molecule is Cc1cc(C)c(CN2C(=O)CCC3CNCCC32)c(C)c1. The van der Waals surface area contributed by atoms with Crippen LogP contribution in [0.1, 0.15) is 41.5 Å². The second-order valence-electron chi connectivity index (χ2n) is 6.76. The van der Waals surface area contributed by atoms with Crippen molar-refractivity contribution >= 4 is 5.91 Å². The van der Waals surface area contributed by atoms with Crippen LogP contribution in [0.3, 0.4) is 0 Å². The summed E-state index contributed by atoms with van der Waals surface area (Å²) in [5.41, 5.74) is 5.28. The lowest BCUT2D eigenvalue weighted by Crippen LogP contribution is -2.54. The van der Waals surface area contributed by atoms with Crippen LogP contribution in [0.25, 0.3) is 0 Å². The van der Waals surface area contributed by atoms with Gasteiger partial charge in [0.1, 0.15) is 0 Å². The fourth-order valence-electron chi connectivity index (χ4n) is 4.09. The molecule has 2 unspecified atom stereocenters. The number of fused-ring (bicyclic) bond motifs is 1. The van der Waals surface area contributed by atoms with Gasteiger partial charge in [-0.3, -0.25) is 4.79 Å². The Labute approximate surface area is 127 Å². The minimum Gasteiger partial charge on any atom is -0.335 e. The minimum atomic E-state index is 0.345. The molecule has 2 heterocycles. The quantitative estimate of drug-likeness (QED) is 0.906. The van der Waals surface area contributed by atoms with E-state index in [1.165, 1.54) is 22.3 Å². The number of amides is 1. The summed E-state index contributed by atoms with van der Waals surface area (Å²) < 4.78 is 0. The lowest BCUT2D eigenvalue weighted by atomic mass is 9.83. The summed E-state index contributed by atoms with van der Waals surface area (Å²) in [5.74, 6) is 0.986. The van der Waals surface area contributed by atoms with E-state index in [0.29, 0.717) is 24.3 Å². The van der Waals surface area contributed by atoms with Gasteiger partial charge in [0.05, 0.1) is 0 Å². The van der Waals surface area contributed by atoms with Crippen molar-refractivity contribution in [3.05, 3.63) is 34.4 Å².